The molecule has 0 saturated heterocycles. The Morgan fingerprint density at radius 2 is 2.08 bits per heavy atom. The van der Waals surface area contributed by atoms with E-state index in [-0.39, 0.29) is 23.8 Å². The molecule has 0 aliphatic rings. The van der Waals surface area contributed by atoms with Crippen LogP contribution >= 0.6 is 11.6 Å². The zero-order chi connectivity index (χ0) is 18.7. The third kappa shape index (κ3) is 4.57. The molecular formula is C17H19ClFN3O3. The number of carboxylic acids is 1. The lowest BCUT2D eigenvalue weighted by Crippen LogP contribution is -2.31. The fraction of sp³-hybridized carbons (Fsp3) is 0.353. The van der Waals surface area contributed by atoms with Crippen LogP contribution in [0.5, 0.6) is 0 Å². The fourth-order valence-corrected chi connectivity index (χ4v) is 2.75. The van der Waals surface area contributed by atoms with E-state index in [0.29, 0.717) is 5.56 Å². The predicted octanol–water partition coefficient (Wildman–Crippen LogP) is 2.70. The smallest absolute Gasteiger partial charge is 0.305 e. The average molecular weight is 368 g/mol. The molecule has 0 aliphatic heterocycles. The van der Waals surface area contributed by atoms with Gasteiger partial charge in [-0.2, -0.15) is 5.10 Å². The number of nitrogens with zero attached hydrogens (tertiary/aromatic N) is 2. The van der Waals surface area contributed by atoms with E-state index in [4.69, 9.17) is 16.7 Å². The van der Waals surface area contributed by atoms with Gasteiger partial charge >= 0.3 is 5.97 Å². The molecule has 1 unspecified atom stereocenters. The lowest BCUT2D eigenvalue weighted by molar-refractivity contribution is -0.137. The second-order valence-electron chi connectivity index (χ2n) is 5.84. The zero-order valence-corrected chi connectivity index (χ0v) is 14.9. The van der Waals surface area contributed by atoms with Crippen LogP contribution in [0, 0.1) is 19.7 Å². The minimum Gasteiger partial charge on any atom is -0.481 e. The highest BCUT2D eigenvalue weighted by atomic mass is 35.5. The molecule has 1 aromatic carbocycles. The third-order valence-electron chi connectivity index (χ3n) is 4.06. The van der Waals surface area contributed by atoms with E-state index in [9.17, 15) is 14.0 Å². The SMILES string of the molecule is Cc1nn(C)c(C)c1CC(=O)NC(CC(=O)O)c1ccc(Cl)c(F)c1. The number of carbonyl (C=O) groups is 2. The number of rotatable bonds is 6. The van der Waals surface area contributed by atoms with E-state index in [0.717, 1.165) is 23.0 Å². The summed E-state index contributed by atoms with van der Waals surface area (Å²) in [6.07, 6.45) is -0.296. The Bertz CT molecular complexity index is 820. The van der Waals surface area contributed by atoms with E-state index in [2.05, 4.69) is 10.4 Å². The predicted molar refractivity (Wildman–Crippen MR) is 90.9 cm³/mol. The van der Waals surface area contributed by atoms with Crippen molar-refractivity contribution in [1.82, 2.24) is 15.1 Å². The molecular weight excluding hydrogens is 349 g/mol. The lowest BCUT2D eigenvalue weighted by atomic mass is 10.0. The Morgan fingerprint density at radius 3 is 2.60 bits per heavy atom. The first kappa shape index (κ1) is 18.9. The molecule has 0 fully saturated rings. The van der Waals surface area contributed by atoms with Crippen molar-refractivity contribution >= 4 is 23.5 Å². The lowest BCUT2D eigenvalue weighted by Gasteiger charge is -2.18. The summed E-state index contributed by atoms with van der Waals surface area (Å²) in [5.41, 5.74) is 2.73. The van der Waals surface area contributed by atoms with Gasteiger partial charge in [-0.25, -0.2) is 4.39 Å². The molecule has 134 valence electrons. The summed E-state index contributed by atoms with van der Waals surface area (Å²) in [7, 11) is 1.79. The van der Waals surface area contributed by atoms with Crippen LogP contribution in [0.25, 0.3) is 0 Å². The van der Waals surface area contributed by atoms with E-state index in [1.54, 1.807) is 18.7 Å². The van der Waals surface area contributed by atoms with Gasteiger partial charge in [0.1, 0.15) is 5.82 Å². The molecule has 8 heteroatoms. The van der Waals surface area contributed by atoms with E-state index in [1.165, 1.54) is 12.1 Å². The second-order valence-corrected chi connectivity index (χ2v) is 6.25. The molecule has 0 saturated carbocycles. The van der Waals surface area contributed by atoms with Crippen LogP contribution in [-0.4, -0.2) is 26.8 Å². The van der Waals surface area contributed by atoms with Crippen LogP contribution in [0.3, 0.4) is 0 Å². The monoisotopic (exact) mass is 367 g/mol. The molecule has 25 heavy (non-hydrogen) atoms. The van der Waals surface area contributed by atoms with Gasteiger partial charge < -0.3 is 10.4 Å². The number of hydrogen-bond donors (Lipinski definition) is 2. The van der Waals surface area contributed by atoms with Crippen molar-refractivity contribution in [2.45, 2.75) is 32.7 Å². The highest BCUT2D eigenvalue weighted by Crippen LogP contribution is 2.23. The van der Waals surface area contributed by atoms with Crippen molar-refractivity contribution in [3.8, 4) is 0 Å². The molecule has 2 rings (SSSR count). The Balaban J connectivity index is 2.20. The molecule has 0 radical (unpaired) electrons. The number of amides is 1. The van der Waals surface area contributed by atoms with Crippen molar-refractivity contribution < 1.29 is 19.1 Å². The van der Waals surface area contributed by atoms with Crippen molar-refractivity contribution in [2.24, 2.45) is 7.05 Å². The number of hydrogen-bond acceptors (Lipinski definition) is 3. The zero-order valence-electron chi connectivity index (χ0n) is 14.1. The third-order valence-corrected chi connectivity index (χ3v) is 4.36. The molecule has 2 aromatic rings. The van der Waals surface area contributed by atoms with Crippen molar-refractivity contribution in [2.75, 3.05) is 0 Å². The molecule has 1 heterocycles. The second kappa shape index (κ2) is 7.65. The summed E-state index contributed by atoms with van der Waals surface area (Å²) in [5, 5.41) is 15.9. The Hall–Kier alpha value is -2.41. The summed E-state index contributed by atoms with van der Waals surface area (Å²) in [5.74, 6) is -2.13. The summed E-state index contributed by atoms with van der Waals surface area (Å²) >= 11 is 5.65. The Kier molecular flexibility index (Phi) is 5.79. The maximum absolute atomic E-state index is 13.7. The molecule has 6 nitrogen and oxygen atoms in total. The molecule has 1 aromatic heterocycles. The first-order valence-corrected chi connectivity index (χ1v) is 8.02. The van der Waals surface area contributed by atoms with Gasteiger partial charge in [0.2, 0.25) is 5.91 Å². The molecule has 0 aliphatic carbocycles. The maximum atomic E-state index is 13.7. The van der Waals surface area contributed by atoms with E-state index in [1.807, 2.05) is 6.92 Å². The van der Waals surface area contributed by atoms with Gasteiger partial charge in [0.05, 0.1) is 29.6 Å². The average Bonchev–Trinajstić information content (AvgIpc) is 2.75. The first-order valence-electron chi connectivity index (χ1n) is 7.64. The summed E-state index contributed by atoms with van der Waals surface area (Å²) < 4.78 is 15.3. The molecule has 0 bridgehead atoms. The Morgan fingerprint density at radius 1 is 1.40 bits per heavy atom. The van der Waals surface area contributed by atoms with Gasteiger partial charge in [0.15, 0.2) is 0 Å². The van der Waals surface area contributed by atoms with E-state index < -0.39 is 17.8 Å². The van der Waals surface area contributed by atoms with Crippen LogP contribution in [-0.2, 0) is 23.1 Å². The molecule has 0 spiro atoms. The quantitative estimate of drug-likeness (QED) is 0.822. The normalized spacial score (nSPS) is 12.0. The molecule has 2 N–H and O–H groups in total. The van der Waals surface area contributed by atoms with Gasteiger partial charge in [0, 0.05) is 18.3 Å². The number of aliphatic carboxylic acids is 1. The number of carboxylic acid groups (broad SMARTS) is 1. The maximum Gasteiger partial charge on any atom is 0.305 e. The number of halogens is 2. The van der Waals surface area contributed by atoms with Crippen LogP contribution in [0.4, 0.5) is 4.39 Å². The van der Waals surface area contributed by atoms with Crippen molar-refractivity contribution in [1.29, 1.82) is 0 Å². The van der Waals surface area contributed by atoms with Crippen molar-refractivity contribution in [3.63, 3.8) is 0 Å². The highest BCUT2D eigenvalue weighted by Gasteiger charge is 2.21. The van der Waals surface area contributed by atoms with Crippen LogP contribution in [0.2, 0.25) is 5.02 Å². The number of aromatic nitrogens is 2. The summed E-state index contributed by atoms with van der Waals surface area (Å²) in [6.45, 7) is 3.66. The number of carbonyl (C=O) groups excluding carboxylic acids is 1. The first-order chi connectivity index (χ1) is 11.7. The minimum atomic E-state index is -1.10. The van der Waals surface area contributed by atoms with Gasteiger partial charge in [-0.05, 0) is 31.5 Å². The van der Waals surface area contributed by atoms with Crippen LogP contribution in [0.15, 0.2) is 18.2 Å². The van der Waals surface area contributed by atoms with Gasteiger partial charge in [-0.3, -0.25) is 14.3 Å². The largest absolute Gasteiger partial charge is 0.481 e. The molecule has 1 amide bonds. The van der Waals surface area contributed by atoms with Crippen LogP contribution in [0.1, 0.15) is 35.0 Å². The number of benzene rings is 1. The van der Waals surface area contributed by atoms with E-state index >= 15 is 0 Å². The number of nitrogens with one attached hydrogen (secondary N) is 1. The summed E-state index contributed by atoms with van der Waals surface area (Å²) in [4.78, 5) is 23.5. The standard InChI is InChI=1S/C17H19ClFN3O3/c1-9-12(10(2)22(3)21-9)7-16(23)20-15(8-17(24)25)11-4-5-13(18)14(19)6-11/h4-6,15H,7-8H2,1-3H3,(H,20,23)(H,24,25). The Labute approximate surface area is 149 Å². The van der Waals surface area contributed by atoms with Gasteiger partial charge in [-0.1, -0.05) is 17.7 Å². The van der Waals surface area contributed by atoms with Gasteiger partial charge in [-0.15, -0.1) is 0 Å². The van der Waals surface area contributed by atoms with Crippen LogP contribution < -0.4 is 5.32 Å². The highest BCUT2D eigenvalue weighted by molar-refractivity contribution is 6.30. The van der Waals surface area contributed by atoms with Crippen molar-refractivity contribution in [3.05, 3.63) is 51.6 Å². The molecule has 1 atom stereocenters. The minimum absolute atomic E-state index is 0.0641. The number of aryl methyl sites for hydroxylation is 2. The van der Waals surface area contributed by atoms with Gasteiger partial charge in [0.25, 0.3) is 0 Å². The topological polar surface area (TPSA) is 84.2 Å². The fourth-order valence-electron chi connectivity index (χ4n) is 2.64. The summed E-state index contributed by atoms with van der Waals surface area (Å²) in [6, 6.07) is 3.12.